The molecule has 0 aliphatic carbocycles. The second-order valence-electron chi connectivity index (χ2n) is 17.2. The molecule has 0 unspecified atom stereocenters. The van der Waals surface area contributed by atoms with Gasteiger partial charge in [0, 0.05) is 73.2 Å². The van der Waals surface area contributed by atoms with Crippen molar-refractivity contribution in [1.29, 1.82) is 0 Å². The van der Waals surface area contributed by atoms with E-state index in [0.717, 1.165) is 12.8 Å². The Morgan fingerprint density at radius 3 is 2.51 bits per heavy atom. The van der Waals surface area contributed by atoms with E-state index in [2.05, 4.69) is 12.2 Å². The molecule has 0 radical (unpaired) electrons. The van der Waals surface area contributed by atoms with Gasteiger partial charge in [-0.2, -0.15) is 0 Å². The molecule has 5 aliphatic heterocycles. The molecule has 9 rings (SSSR count). The zero-order valence-electron chi connectivity index (χ0n) is 35.4. The molecule has 5 aliphatic rings. The second kappa shape index (κ2) is 15.8. The summed E-state index contributed by atoms with van der Waals surface area (Å²) < 4.78 is 31.2. The number of fused-ring (bicyclic) bond motifs is 9. The number of aromatic nitrogens is 1. The van der Waals surface area contributed by atoms with Crippen LogP contribution in [0.15, 0.2) is 62.3 Å². The number of aromatic hydroxyl groups is 1. The number of aliphatic hydroxyl groups excluding tert-OH is 1. The molecule has 2 fully saturated rings. The fourth-order valence-corrected chi connectivity index (χ4v) is 9.15. The van der Waals surface area contributed by atoms with Crippen LogP contribution in [0.1, 0.15) is 72.8 Å². The molecule has 322 valence electrons. The van der Waals surface area contributed by atoms with E-state index in [4.69, 9.17) is 34.1 Å². The summed E-state index contributed by atoms with van der Waals surface area (Å²) >= 11 is 0. The summed E-state index contributed by atoms with van der Waals surface area (Å²) in [7, 11) is 0. The van der Waals surface area contributed by atoms with Crippen molar-refractivity contribution in [3.63, 3.8) is 0 Å². The Bertz CT molecular complexity index is 2750. The highest BCUT2D eigenvalue weighted by atomic mass is 16.7. The van der Waals surface area contributed by atoms with E-state index in [1.807, 2.05) is 24.8 Å². The topological polar surface area (TPSA) is 213 Å². The number of esters is 1. The summed E-state index contributed by atoms with van der Waals surface area (Å²) in [6.45, 7) is 13.3. The third kappa shape index (κ3) is 7.37. The Morgan fingerprint density at radius 2 is 1.79 bits per heavy atom. The zero-order chi connectivity index (χ0) is 43.7. The molecular weight excluding hydrogens is 785 g/mol. The molecule has 15 heteroatoms. The van der Waals surface area contributed by atoms with Crippen molar-refractivity contribution in [3.05, 3.63) is 79.5 Å². The van der Waals surface area contributed by atoms with Gasteiger partial charge in [-0.05, 0) is 57.4 Å². The number of rotatable bonds is 2. The van der Waals surface area contributed by atoms with Gasteiger partial charge in [0.2, 0.25) is 10.9 Å². The smallest absolute Gasteiger partial charge is 0.307 e. The van der Waals surface area contributed by atoms with Gasteiger partial charge in [0.25, 0.3) is 5.91 Å². The molecule has 4 aromatic rings. The van der Waals surface area contributed by atoms with E-state index in [1.165, 1.54) is 33.1 Å². The van der Waals surface area contributed by atoms with Crippen LogP contribution in [0.5, 0.6) is 11.5 Å². The number of carbonyl (C=O) groups excluding carboxylic acids is 2. The molecule has 0 spiro atoms. The minimum atomic E-state index is -1.85. The molecule has 7 atom stereocenters. The summed E-state index contributed by atoms with van der Waals surface area (Å²) in [5, 5.41) is 26.2. The molecule has 0 saturated carbocycles. The summed E-state index contributed by atoms with van der Waals surface area (Å²) in [6, 6.07) is 3.19. The maximum Gasteiger partial charge on any atom is 0.307 e. The number of hydrogen-bond donors (Lipinski definition) is 4. The maximum atomic E-state index is 14.7. The average Bonchev–Trinajstić information content (AvgIpc) is 3.73. The van der Waals surface area contributed by atoms with Gasteiger partial charge in [0.05, 0.1) is 29.1 Å². The first kappa shape index (κ1) is 41.8. The number of nitrogens with two attached hydrogens (primary N) is 1. The van der Waals surface area contributed by atoms with Crippen molar-refractivity contribution < 1.29 is 43.2 Å². The van der Waals surface area contributed by atoms with Crippen LogP contribution in [0.4, 0.5) is 11.4 Å². The lowest BCUT2D eigenvalue weighted by molar-refractivity contribution is -0.159. The first-order chi connectivity index (χ1) is 29.0. The average molecular weight is 837 g/mol. The number of hydrogen-bond acceptors (Lipinski definition) is 14. The second-order valence-corrected chi connectivity index (χ2v) is 17.2. The monoisotopic (exact) mass is 836 g/mol. The van der Waals surface area contributed by atoms with Gasteiger partial charge in [-0.15, -0.1) is 0 Å². The summed E-state index contributed by atoms with van der Waals surface area (Å²) in [5.41, 5.74) is 5.21. The number of benzene rings is 3. The van der Waals surface area contributed by atoms with Gasteiger partial charge in [-0.1, -0.05) is 39.0 Å². The molecule has 7 bridgehead atoms. The first-order valence-electron chi connectivity index (χ1n) is 20.9. The Hall–Kier alpha value is -5.93. The van der Waals surface area contributed by atoms with Gasteiger partial charge in [-0.3, -0.25) is 19.2 Å². The molecular formula is C46H52N4O11. The lowest BCUT2D eigenvalue weighted by Crippen LogP contribution is -2.39. The number of phenols is 1. The minimum Gasteiger partial charge on any atom is -0.507 e. The highest BCUT2D eigenvalue weighted by Gasteiger charge is 2.44. The van der Waals surface area contributed by atoms with Crippen LogP contribution in [-0.4, -0.2) is 70.3 Å². The lowest BCUT2D eigenvalue weighted by Gasteiger charge is -2.31. The van der Waals surface area contributed by atoms with E-state index >= 15 is 0 Å². The molecule has 15 nitrogen and oxygen atoms in total. The summed E-state index contributed by atoms with van der Waals surface area (Å²) in [5.74, 6) is -3.99. The van der Waals surface area contributed by atoms with Crippen molar-refractivity contribution in [3.8, 4) is 11.5 Å². The molecule has 61 heavy (non-hydrogen) atoms. The largest absolute Gasteiger partial charge is 0.507 e. The van der Waals surface area contributed by atoms with Crippen LogP contribution in [0.25, 0.3) is 38.7 Å². The third-order valence-corrected chi connectivity index (χ3v) is 12.6. The summed E-state index contributed by atoms with van der Waals surface area (Å²) in [6.07, 6.45) is 9.84. The van der Waals surface area contributed by atoms with E-state index < -0.39 is 46.1 Å². The Balaban J connectivity index is 1.35. The Labute approximate surface area is 351 Å². The van der Waals surface area contributed by atoms with Gasteiger partial charge in [0.15, 0.2) is 22.4 Å². The van der Waals surface area contributed by atoms with Crippen molar-refractivity contribution in [2.24, 2.45) is 23.5 Å². The predicted molar refractivity (Wildman–Crippen MR) is 230 cm³/mol. The maximum absolute atomic E-state index is 14.7. The first-order valence-corrected chi connectivity index (χ1v) is 20.9. The molecule has 1 amide bonds. The SMILES string of the molecule is CC(=O)O[C@@H]1[C@H](C)C/C=C/O[C@@]2(C)Oc3c(C)c(O)c4c(=O)c(c5oc6cc(N7CCC(N)CC7)cc(=O)c6nc5c4c3=C2O)NC(=O)/C(C)=C\C=C\[C@H](C)[C@@H]2O[C@@H]1C[C@@H]2C. The van der Waals surface area contributed by atoms with Gasteiger partial charge >= 0.3 is 11.8 Å². The van der Waals surface area contributed by atoms with Crippen molar-refractivity contribution in [2.45, 2.75) is 104 Å². The van der Waals surface area contributed by atoms with Gasteiger partial charge in [0.1, 0.15) is 28.8 Å². The number of nitrogens with zero attached hydrogens (tertiary/aromatic N) is 2. The molecule has 2 saturated heterocycles. The van der Waals surface area contributed by atoms with Crippen LogP contribution < -0.4 is 36.8 Å². The number of aliphatic hydroxyl groups is 1. The number of ether oxygens (including phenoxy) is 4. The fourth-order valence-electron chi connectivity index (χ4n) is 9.15. The van der Waals surface area contributed by atoms with Gasteiger partial charge in [-0.25, -0.2) is 4.98 Å². The number of carbonyl (C=O) groups is 2. The summed E-state index contributed by atoms with van der Waals surface area (Å²) in [4.78, 5) is 61.6. The van der Waals surface area contributed by atoms with E-state index in [0.29, 0.717) is 31.6 Å². The third-order valence-electron chi connectivity index (χ3n) is 12.6. The van der Waals surface area contributed by atoms with Crippen LogP contribution in [0, 0.1) is 24.7 Å². The number of nitrogens with one attached hydrogen (secondary N) is 1. The Kier molecular flexibility index (Phi) is 10.8. The number of amides is 1. The number of allylic oxidation sites excluding steroid dienone is 3. The molecule has 1 aromatic heterocycles. The van der Waals surface area contributed by atoms with Crippen molar-refractivity contribution in [2.75, 3.05) is 23.3 Å². The van der Waals surface area contributed by atoms with Crippen LogP contribution in [0.2, 0.25) is 0 Å². The molecule has 6 heterocycles. The molecule has 5 N–H and O–H groups in total. The highest BCUT2D eigenvalue weighted by Crippen LogP contribution is 2.42. The lowest BCUT2D eigenvalue weighted by atomic mass is 9.89. The quantitative estimate of drug-likeness (QED) is 0.109. The highest BCUT2D eigenvalue weighted by molar-refractivity contribution is 6.16. The standard InChI is InChI=1S/C46H52N4O11/c1-21-10-8-11-23(3)45(56)49-37-39(54)33-32(36-43(37)59-30-20-28(19-29(52)35(30)48-36)50-15-13-27(47)14-16-50)34-42(25(5)38(33)53)61-46(7,44(34)55)57-17-9-12-22(2)41(58-26(6)51)31-18-24(4)40(21)60-31/h8-11,17,19-22,24,27,31,40-41,53,55H,12-16,18,47H2,1-7H3,(H,49,56)/b10-8+,17-9+,23-11-/t21-,22+,24-,31+,40-,41+,46-/m0/s1. The van der Waals surface area contributed by atoms with E-state index in [-0.39, 0.29) is 96.8 Å². The van der Waals surface area contributed by atoms with E-state index in [9.17, 15) is 29.4 Å². The van der Waals surface area contributed by atoms with Crippen molar-refractivity contribution in [1.82, 2.24) is 4.98 Å². The van der Waals surface area contributed by atoms with Crippen LogP contribution >= 0.6 is 0 Å². The zero-order valence-corrected chi connectivity index (χ0v) is 35.4. The van der Waals surface area contributed by atoms with Crippen molar-refractivity contribution >= 4 is 62.0 Å². The Morgan fingerprint density at radius 1 is 1.05 bits per heavy atom. The number of piperidine rings is 1. The fraction of sp³-hybridized carbons (Fsp3) is 0.457. The molecule has 3 aromatic carbocycles. The van der Waals surface area contributed by atoms with Crippen LogP contribution in [-0.2, 0) is 23.8 Å². The van der Waals surface area contributed by atoms with Gasteiger partial charge < -0.3 is 49.5 Å². The number of anilines is 2. The minimum absolute atomic E-state index is 0.00368. The van der Waals surface area contributed by atoms with Crippen LogP contribution in [0.3, 0.4) is 0 Å². The normalized spacial score (nSPS) is 29.4. The number of phenolic OH excluding ortho intramolecular Hbond substituents is 1. The predicted octanol–water partition coefficient (Wildman–Crippen LogP) is 5.66. The van der Waals surface area contributed by atoms with E-state index in [1.54, 1.807) is 31.2 Å².